The maximum atomic E-state index is 12.1. The highest BCUT2D eigenvalue weighted by atomic mass is 32.1. The smallest absolute Gasteiger partial charge is 0.277 e. The Morgan fingerprint density at radius 3 is 2.79 bits per heavy atom. The van der Waals surface area contributed by atoms with E-state index in [-0.39, 0.29) is 17.7 Å². The number of anilines is 2. The molecule has 1 aliphatic rings. The van der Waals surface area contributed by atoms with Gasteiger partial charge in [-0.1, -0.05) is 11.3 Å². The van der Waals surface area contributed by atoms with Crippen LogP contribution in [0.4, 0.5) is 10.8 Å². The van der Waals surface area contributed by atoms with Crippen LogP contribution in [-0.2, 0) is 11.8 Å². The molecule has 0 spiro atoms. The summed E-state index contributed by atoms with van der Waals surface area (Å²) in [5.41, 5.74) is 1.81. The van der Waals surface area contributed by atoms with Crippen molar-refractivity contribution < 1.29 is 9.59 Å². The number of hydrogen-bond acceptors (Lipinski definition) is 5. The molecule has 2 heterocycles. The largest absolute Gasteiger partial charge is 0.326 e. The van der Waals surface area contributed by atoms with Gasteiger partial charge in [-0.05, 0) is 37.1 Å². The average molecular weight is 341 g/mol. The number of carbonyl (C=O) groups is 2. The molecule has 1 saturated carbocycles. The van der Waals surface area contributed by atoms with Crippen molar-refractivity contribution in [3.8, 4) is 0 Å². The van der Waals surface area contributed by atoms with Crippen molar-refractivity contribution in [2.24, 2.45) is 13.0 Å². The molecule has 122 valence electrons. The summed E-state index contributed by atoms with van der Waals surface area (Å²) in [4.78, 5) is 28.4. The van der Waals surface area contributed by atoms with Crippen molar-refractivity contribution in [2.45, 2.75) is 12.8 Å². The Hall–Kier alpha value is -2.74. The Kier molecular flexibility index (Phi) is 3.53. The lowest BCUT2D eigenvalue weighted by atomic mass is 10.3. The molecular formula is C16H15N5O2S. The van der Waals surface area contributed by atoms with Crippen molar-refractivity contribution in [2.75, 3.05) is 10.6 Å². The van der Waals surface area contributed by atoms with Crippen LogP contribution in [0.2, 0.25) is 0 Å². The number of thiazole rings is 1. The number of aromatic nitrogens is 3. The molecule has 2 amide bonds. The first kappa shape index (κ1) is 14.8. The number of carbonyl (C=O) groups excluding carboxylic acids is 2. The third-order valence-electron chi connectivity index (χ3n) is 3.77. The second-order valence-corrected chi connectivity index (χ2v) is 6.82. The molecule has 8 heteroatoms. The lowest BCUT2D eigenvalue weighted by Gasteiger charge is -2.03. The van der Waals surface area contributed by atoms with Crippen molar-refractivity contribution >= 4 is 44.2 Å². The molecule has 2 N–H and O–H groups in total. The minimum Gasteiger partial charge on any atom is -0.326 e. The highest BCUT2D eigenvalue weighted by Crippen LogP contribution is 2.32. The van der Waals surface area contributed by atoms with Crippen LogP contribution in [0, 0.1) is 5.92 Å². The van der Waals surface area contributed by atoms with E-state index in [4.69, 9.17) is 0 Å². The topological polar surface area (TPSA) is 88.9 Å². The van der Waals surface area contributed by atoms with Crippen LogP contribution in [0.1, 0.15) is 23.3 Å². The molecule has 4 rings (SSSR count). The molecule has 2 aromatic heterocycles. The number of amides is 2. The van der Waals surface area contributed by atoms with Gasteiger partial charge in [0.05, 0.1) is 10.2 Å². The number of nitrogens with zero attached hydrogens (tertiary/aromatic N) is 3. The normalized spacial score (nSPS) is 13.9. The van der Waals surface area contributed by atoms with E-state index in [1.807, 2.05) is 18.2 Å². The summed E-state index contributed by atoms with van der Waals surface area (Å²) >= 11 is 1.38. The molecule has 0 unspecified atom stereocenters. The lowest BCUT2D eigenvalue weighted by Crippen LogP contribution is -2.13. The first-order valence-electron chi connectivity index (χ1n) is 7.61. The SMILES string of the molecule is Cn1ccc(C(=O)Nc2nc3cc(NC(=O)C4CC4)ccc3s2)n1. The molecular weight excluding hydrogens is 326 g/mol. The average Bonchev–Trinajstić information content (AvgIpc) is 3.20. The van der Waals surface area contributed by atoms with Gasteiger partial charge in [-0.15, -0.1) is 0 Å². The number of aryl methyl sites for hydroxylation is 1. The molecule has 7 nitrogen and oxygen atoms in total. The van der Waals surface area contributed by atoms with Crippen LogP contribution >= 0.6 is 11.3 Å². The molecule has 1 aromatic carbocycles. The van der Waals surface area contributed by atoms with Crippen LogP contribution in [0.3, 0.4) is 0 Å². The van der Waals surface area contributed by atoms with Crippen LogP contribution < -0.4 is 10.6 Å². The van der Waals surface area contributed by atoms with Gasteiger partial charge in [0.25, 0.3) is 5.91 Å². The molecule has 0 radical (unpaired) electrons. The fourth-order valence-electron chi connectivity index (χ4n) is 2.35. The molecule has 1 fully saturated rings. The fourth-order valence-corrected chi connectivity index (χ4v) is 3.19. The van der Waals surface area contributed by atoms with Gasteiger partial charge in [-0.25, -0.2) is 4.98 Å². The summed E-state index contributed by atoms with van der Waals surface area (Å²) in [6.07, 6.45) is 3.64. The molecule has 0 bridgehead atoms. The minimum absolute atomic E-state index is 0.0632. The zero-order valence-electron chi connectivity index (χ0n) is 12.9. The number of hydrogen-bond donors (Lipinski definition) is 2. The summed E-state index contributed by atoms with van der Waals surface area (Å²) in [5.74, 6) is -0.0745. The van der Waals surface area contributed by atoms with Crippen molar-refractivity contribution in [1.82, 2.24) is 14.8 Å². The Labute approximate surface area is 141 Å². The van der Waals surface area contributed by atoms with Gasteiger partial charge in [0.1, 0.15) is 0 Å². The fraction of sp³-hybridized carbons (Fsp3) is 0.250. The van der Waals surface area contributed by atoms with Gasteiger partial charge >= 0.3 is 0 Å². The van der Waals surface area contributed by atoms with Gasteiger partial charge in [-0.2, -0.15) is 5.10 Å². The Bertz CT molecular complexity index is 941. The standard InChI is InChI=1S/C16H15N5O2S/c1-21-7-6-11(20-21)15(23)19-16-18-12-8-10(4-5-13(12)24-16)17-14(22)9-2-3-9/h4-9H,2-3H2,1H3,(H,17,22)(H,18,19,23). The van der Waals surface area contributed by atoms with E-state index in [2.05, 4.69) is 20.7 Å². The van der Waals surface area contributed by atoms with E-state index >= 15 is 0 Å². The number of benzene rings is 1. The quantitative estimate of drug-likeness (QED) is 0.763. The summed E-state index contributed by atoms with van der Waals surface area (Å²) in [6.45, 7) is 0. The van der Waals surface area contributed by atoms with E-state index in [0.717, 1.165) is 28.7 Å². The maximum absolute atomic E-state index is 12.1. The van der Waals surface area contributed by atoms with E-state index < -0.39 is 0 Å². The summed E-state index contributed by atoms with van der Waals surface area (Å²) in [5, 5.41) is 10.2. The minimum atomic E-state index is -0.295. The van der Waals surface area contributed by atoms with Gasteiger partial charge in [0, 0.05) is 24.8 Å². The van der Waals surface area contributed by atoms with E-state index in [1.54, 1.807) is 24.0 Å². The van der Waals surface area contributed by atoms with Gasteiger partial charge in [-0.3, -0.25) is 19.6 Å². The molecule has 1 aliphatic carbocycles. The highest BCUT2D eigenvalue weighted by Gasteiger charge is 2.29. The van der Waals surface area contributed by atoms with Crippen molar-refractivity contribution in [1.29, 1.82) is 0 Å². The molecule has 24 heavy (non-hydrogen) atoms. The van der Waals surface area contributed by atoms with Crippen molar-refractivity contribution in [3.05, 3.63) is 36.2 Å². The highest BCUT2D eigenvalue weighted by molar-refractivity contribution is 7.22. The zero-order chi connectivity index (χ0) is 16.7. The van der Waals surface area contributed by atoms with E-state index in [1.165, 1.54) is 11.3 Å². The molecule has 3 aromatic rings. The van der Waals surface area contributed by atoms with E-state index in [9.17, 15) is 9.59 Å². The van der Waals surface area contributed by atoms with Crippen LogP contribution in [0.25, 0.3) is 10.2 Å². The number of rotatable bonds is 4. The first-order valence-corrected chi connectivity index (χ1v) is 8.42. The van der Waals surface area contributed by atoms with Crippen molar-refractivity contribution in [3.63, 3.8) is 0 Å². The molecule has 0 aliphatic heterocycles. The molecule has 0 saturated heterocycles. The third kappa shape index (κ3) is 3.00. The van der Waals surface area contributed by atoms with Crippen LogP contribution in [-0.4, -0.2) is 26.6 Å². The zero-order valence-corrected chi connectivity index (χ0v) is 13.8. The predicted molar refractivity (Wildman–Crippen MR) is 92.1 cm³/mol. The Balaban J connectivity index is 1.52. The van der Waals surface area contributed by atoms with Gasteiger partial charge in [0.2, 0.25) is 5.91 Å². The monoisotopic (exact) mass is 341 g/mol. The third-order valence-corrected chi connectivity index (χ3v) is 4.72. The summed E-state index contributed by atoms with van der Waals surface area (Å²) in [6, 6.07) is 7.22. The maximum Gasteiger partial charge on any atom is 0.277 e. The second-order valence-electron chi connectivity index (χ2n) is 5.79. The van der Waals surface area contributed by atoms with Crippen LogP contribution in [0.5, 0.6) is 0 Å². The lowest BCUT2D eigenvalue weighted by molar-refractivity contribution is -0.117. The Morgan fingerprint density at radius 2 is 2.08 bits per heavy atom. The first-order chi connectivity index (χ1) is 11.6. The summed E-state index contributed by atoms with van der Waals surface area (Å²) < 4.78 is 2.51. The van der Waals surface area contributed by atoms with Gasteiger partial charge < -0.3 is 5.32 Å². The molecule has 0 atom stereocenters. The summed E-state index contributed by atoms with van der Waals surface area (Å²) in [7, 11) is 1.76. The Morgan fingerprint density at radius 1 is 1.25 bits per heavy atom. The predicted octanol–water partition coefficient (Wildman–Crippen LogP) is 2.63. The number of fused-ring (bicyclic) bond motifs is 1. The van der Waals surface area contributed by atoms with Gasteiger partial charge in [0.15, 0.2) is 10.8 Å². The van der Waals surface area contributed by atoms with Crippen LogP contribution in [0.15, 0.2) is 30.5 Å². The van der Waals surface area contributed by atoms with E-state index in [0.29, 0.717) is 10.8 Å². The number of nitrogens with one attached hydrogen (secondary N) is 2. The second kappa shape index (κ2) is 5.72.